The summed E-state index contributed by atoms with van der Waals surface area (Å²) in [6.07, 6.45) is -7.08. The SMILES string of the molecule is CC1(C)C(=O)N(c2ccc(C#N)c(C(F)(F)F)c2)C(=S)N1[C@H]1CC[C@H](OCCN2CCN(CC(=O)Nc3cc(Cl)cc(NC4CCC(=O)NC4=O)c3)C(C(F)(F)F)C2)CC1. The lowest BCUT2D eigenvalue weighted by atomic mass is 9.89. The summed E-state index contributed by atoms with van der Waals surface area (Å²) in [6, 6.07) is 6.14. The maximum Gasteiger partial charge on any atom is 0.417 e. The largest absolute Gasteiger partial charge is 0.417 e. The normalized spacial score (nSPS) is 24.3. The molecule has 3 saturated heterocycles. The molecule has 3 aliphatic heterocycles. The van der Waals surface area contributed by atoms with Crippen LogP contribution in [0.15, 0.2) is 36.4 Å². The van der Waals surface area contributed by atoms with Crippen LogP contribution in [0.4, 0.5) is 43.4 Å². The Morgan fingerprint density at radius 1 is 1.02 bits per heavy atom. The van der Waals surface area contributed by atoms with Gasteiger partial charge in [0.1, 0.15) is 17.6 Å². The molecule has 0 spiro atoms. The van der Waals surface area contributed by atoms with E-state index in [-0.39, 0.29) is 85.2 Å². The molecule has 0 aromatic heterocycles. The lowest BCUT2D eigenvalue weighted by Gasteiger charge is -2.42. The molecule has 60 heavy (non-hydrogen) atoms. The number of ether oxygens (including phenoxy) is 1. The highest BCUT2D eigenvalue weighted by Crippen LogP contribution is 2.41. The van der Waals surface area contributed by atoms with E-state index in [1.165, 1.54) is 30.3 Å². The van der Waals surface area contributed by atoms with Crippen molar-refractivity contribution in [2.75, 3.05) is 54.9 Å². The van der Waals surface area contributed by atoms with Gasteiger partial charge in [0.2, 0.25) is 17.7 Å². The number of benzene rings is 2. The number of hydrogen-bond acceptors (Lipinski definition) is 10. The quantitative estimate of drug-likeness (QED) is 0.146. The van der Waals surface area contributed by atoms with Gasteiger partial charge in [0.25, 0.3) is 5.91 Å². The fraction of sp³-hybridized carbons (Fsp3) is 0.538. The number of anilines is 3. The first-order valence-electron chi connectivity index (χ1n) is 19.3. The molecule has 0 radical (unpaired) electrons. The number of imide groups is 1. The first-order valence-corrected chi connectivity index (χ1v) is 20.1. The molecule has 3 N–H and O–H groups in total. The Morgan fingerprint density at radius 2 is 1.72 bits per heavy atom. The number of hydrogen-bond donors (Lipinski definition) is 3. The van der Waals surface area contributed by atoms with Crippen LogP contribution in [0.3, 0.4) is 0 Å². The second kappa shape index (κ2) is 17.8. The molecular formula is C39H43ClF6N8O5S. The summed E-state index contributed by atoms with van der Waals surface area (Å²) in [5.74, 6) is -2.08. The van der Waals surface area contributed by atoms with E-state index < -0.39 is 65.4 Å². The Labute approximate surface area is 352 Å². The van der Waals surface area contributed by atoms with E-state index >= 15 is 0 Å². The number of carbonyl (C=O) groups is 4. The molecule has 13 nitrogen and oxygen atoms in total. The van der Waals surface area contributed by atoms with Gasteiger partial charge in [0.15, 0.2) is 5.11 Å². The fourth-order valence-electron chi connectivity index (χ4n) is 8.22. The van der Waals surface area contributed by atoms with Gasteiger partial charge in [-0.1, -0.05) is 11.6 Å². The number of nitrogens with zero attached hydrogens (tertiary/aromatic N) is 5. The fourth-order valence-corrected chi connectivity index (χ4v) is 9.02. The van der Waals surface area contributed by atoms with Crippen molar-refractivity contribution in [3.63, 3.8) is 0 Å². The van der Waals surface area contributed by atoms with Gasteiger partial charge >= 0.3 is 12.4 Å². The van der Waals surface area contributed by atoms with Gasteiger partial charge in [-0.15, -0.1) is 0 Å². The molecule has 2 unspecified atom stereocenters. The summed E-state index contributed by atoms with van der Waals surface area (Å²) in [5.41, 5.74) is -2.41. The summed E-state index contributed by atoms with van der Waals surface area (Å²) in [5, 5.41) is 17.2. The number of piperidine rings is 1. The number of piperazine rings is 1. The number of carbonyl (C=O) groups excluding carboxylic acids is 4. The van der Waals surface area contributed by atoms with E-state index in [1.54, 1.807) is 23.6 Å². The highest BCUT2D eigenvalue weighted by molar-refractivity contribution is 7.80. The zero-order valence-corrected chi connectivity index (χ0v) is 34.2. The van der Waals surface area contributed by atoms with Crippen LogP contribution < -0.4 is 20.9 Å². The zero-order valence-electron chi connectivity index (χ0n) is 32.6. The van der Waals surface area contributed by atoms with Crippen LogP contribution in [0.25, 0.3) is 0 Å². The molecule has 2 aromatic carbocycles. The van der Waals surface area contributed by atoms with Gasteiger partial charge in [0.05, 0.1) is 42.1 Å². The van der Waals surface area contributed by atoms with E-state index in [0.717, 1.165) is 21.9 Å². The Hall–Kier alpha value is -4.55. The molecule has 2 atom stereocenters. The van der Waals surface area contributed by atoms with E-state index in [9.17, 15) is 50.8 Å². The second-order valence-corrected chi connectivity index (χ2v) is 16.5. The first kappa shape index (κ1) is 45.0. The van der Waals surface area contributed by atoms with Gasteiger partial charge in [-0.2, -0.15) is 31.6 Å². The van der Waals surface area contributed by atoms with Crippen LogP contribution in [-0.4, -0.2) is 119 Å². The Kier molecular flexibility index (Phi) is 13.4. The van der Waals surface area contributed by atoms with Crippen molar-refractivity contribution in [1.82, 2.24) is 20.0 Å². The lowest BCUT2D eigenvalue weighted by Crippen LogP contribution is -2.60. The molecule has 4 fully saturated rings. The minimum absolute atomic E-state index is 0.0399. The van der Waals surface area contributed by atoms with Crippen LogP contribution in [0.1, 0.15) is 63.5 Å². The molecule has 21 heteroatoms. The number of nitrogens with one attached hydrogen (secondary N) is 3. The number of alkyl halides is 6. The smallest absolute Gasteiger partial charge is 0.377 e. The number of thiocarbonyl (C=S) groups is 1. The van der Waals surface area contributed by atoms with Gasteiger partial charge < -0.3 is 20.3 Å². The summed E-state index contributed by atoms with van der Waals surface area (Å²) in [4.78, 5) is 55.8. The minimum Gasteiger partial charge on any atom is -0.377 e. The van der Waals surface area contributed by atoms with Crippen molar-refractivity contribution in [3.8, 4) is 6.07 Å². The van der Waals surface area contributed by atoms with Crippen LogP contribution >= 0.6 is 23.8 Å². The van der Waals surface area contributed by atoms with Crippen LogP contribution in [0, 0.1) is 11.3 Å². The van der Waals surface area contributed by atoms with Crippen molar-refractivity contribution in [2.45, 2.75) is 94.5 Å². The van der Waals surface area contributed by atoms with E-state index in [4.69, 9.17) is 28.6 Å². The highest BCUT2D eigenvalue weighted by Gasteiger charge is 2.53. The number of rotatable bonds is 11. The molecule has 6 rings (SSSR count). The monoisotopic (exact) mass is 884 g/mol. The number of nitriles is 1. The molecule has 3 heterocycles. The number of amides is 4. The van der Waals surface area contributed by atoms with Crippen LogP contribution in [0.5, 0.6) is 0 Å². The predicted molar refractivity (Wildman–Crippen MR) is 212 cm³/mol. The molecule has 1 saturated carbocycles. The lowest BCUT2D eigenvalue weighted by molar-refractivity contribution is -0.197. The van der Waals surface area contributed by atoms with Gasteiger partial charge in [-0.3, -0.25) is 39.2 Å². The summed E-state index contributed by atoms with van der Waals surface area (Å²) >= 11 is 11.9. The van der Waals surface area contributed by atoms with Gasteiger partial charge in [-0.05, 0) is 94.6 Å². The van der Waals surface area contributed by atoms with Crippen LogP contribution in [0.2, 0.25) is 5.02 Å². The van der Waals surface area contributed by atoms with Gasteiger partial charge in [0, 0.05) is 55.0 Å². The standard InChI is InChI=1S/C39H43ClF6N8O5S/c1-37(2)35(58)53(27-4-3-22(19-47)29(18-27)38(41,42)43)36(60)54(37)26-5-7-28(8-6-26)59-14-13-51-11-12-52(31(20-51)39(44,45)46)21-33(56)49-25-16-23(40)15-24(17-25)48-30-9-10-32(55)50-34(30)57/h3-4,15-18,26,28,30-31,48H,5-14,20-21H2,1-2H3,(H,49,56)(H,50,55,57)/t26-,28-,30?,31?. The predicted octanol–water partition coefficient (Wildman–Crippen LogP) is 5.67. The average Bonchev–Trinajstić information content (AvgIpc) is 3.34. The van der Waals surface area contributed by atoms with E-state index in [0.29, 0.717) is 31.4 Å². The van der Waals surface area contributed by atoms with Crippen molar-refractivity contribution in [1.29, 1.82) is 5.26 Å². The maximum absolute atomic E-state index is 14.3. The van der Waals surface area contributed by atoms with Gasteiger partial charge in [-0.25, -0.2) is 0 Å². The van der Waals surface area contributed by atoms with Crippen molar-refractivity contribution < 1.29 is 50.3 Å². The first-order chi connectivity index (χ1) is 28.1. The maximum atomic E-state index is 14.3. The molecule has 324 valence electrons. The summed E-state index contributed by atoms with van der Waals surface area (Å²) < 4.78 is 90.2. The highest BCUT2D eigenvalue weighted by atomic mass is 35.5. The minimum atomic E-state index is -4.82. The van der Waals surface area contributed by atoms with Crippen molar-refractivity contribution in [2.24, 2.45) is 0 Å². The third kappa shape index (κ3) is 10.1. The summed E-state index contributed by atoms with van der Waals surface area (Å²) in [7, 11) is 0. The summed E-state index contributed by atoms with van der Waals surface area (Å²) in [6.45, 7) is 2.98. The Balaban J connectivity index is 0.980. The topological polar surface area (TPSA) is 150 Å². The average molecular weight is 885 g/mol. The third-order valence-corrected chi connectivity index (χ3v) is 11.8. The Bertz CT molecular complexity index is 2060. The molecular weight excluding hydrogens is 842 g/mol. The molecule has 4 aliphatic rings. The second-order valence-electron chi connectivity index (χ2n) is 15.7. The molecule has 4 amide bonds. The zero-order chi connectivity index (χ0) is 43.7. The van der Waals surface area contributed by atoms with E-state index in [2.05, 4.69) is 16.0 Å². The van der Waals surface area contributed by atoms with Crippen LogP contribution in [-0.2, 0) is 30.1 Å². The number of halogens is 7. The van der Waals surface area contributed by atoms with E-state index in [1.807, 2.05) is 0 Å². The van der Waals surface area contributed by atoms with Crippen molar-refractivity contribution >= 4 is 69.6 Å². The Morgan fingerprint density at radius 3 is 2.37 bits per heavy atom. The molecule has 2 aromatic rings. The molecule has 1 aliphatic carbocycles. The molecule has 0 bridgehead atoms. The van der Waals surface area contributed by atoms with Crippen molar-refractivity contribution in [3.05, 3.63) is 52.5 Å². The third-order valence-electron chi connectivity index (χ3n) is 11.2.